The van der Waals surface area contributed by atoms with Gasteiger partial charge in [-0.3, -0.25) is 4.79 Å². The molecule has 19 heavy (non-hydrogen) atoms. The van der Waals surface area contributed by atoms with E-state index in [4.69, 9.17) is 5.73 Å². The topological polar surface area (TPSA) is 80.4 Å². The molecule has 6 heteroatoms. The highest BCUT2D eigenvalue weighted by Crippen LogP contribution is 2.19. The molecular weight excluding hydrogens is 260 g/mol. The van der Waals surface area contributed by atoms with E-state index in [9.17, 15) is 4.79 Å². The van der Waals surface area contributed by atoms with Gasteiger partial charge in [-0.2, -0.15) is 5.10 Å². The van der Waals surface area contributed by atoms with Crippen molar-refractivity contribution in [3.8, 4) is 0 Å². The van der Waals surface area contributed by atoms with Gasteiger partial charge in [0.15, 0.2) is 5.13 Å². The Kier molecular flexibility index (Phi) is 3.91. The molecule has 1 aromatic carbocycles. The summed E-state index contributed by atoms with van der Waals surface area (Å²) in [6.07, 6.45) is 1.60. The average Bonchev–Trinajstić information content (AvgIpc) is 2.68. The number of amides is 1. The second-order valence-corrected chi connectivity index (χ2v) is 5.11. The fourth-order valence-electron chi connectivity index (χ4n) is 1.59. The van der Waals surface area contributed by atoms with Crippen LogP contribution < -0.4 is 11.2 Å². The Labute approximate surface area is 115 Å². The van der Waals surface area contributed by atoms with Crippen molar-refractivity contribution in [2.45, 2.75) is 13.8 Å². The highest BCUT2D eigenvalue weighted by atomic mass is 32.1. The molecule has 0 aliphatic heterocycles. The minimum absolute atomic E-state index is 0.296. The number of anilines is 1. The van der Waals surface area contributed by atoms with Crippen molar-refractivity contribution in [1.29, 1.82) is 0 Å². The molecule has 2 aromatic rings. The van der Waals surface area contributed by atoms with Gasteiger partial charge >= 0.3 is 0 Å². The number of carbonyl (C=O) groups excluding carboxylic acids is 1. The summed E-state index contributed by atoms with van der Waals surface area (Å²) < 4.78 is 0. The van der Waals surface area contributed by atoms with Crippen molar-refractivity contribution in [1.82, 2.24) is 10.4 Å². The van der Waals surface area contributed by atoms with Crippen LogP contribution in [0.1, 0.15) is 26.5 Å². The number of aromatic nitrogens is 1. The molecule has 1 aromatic heterocycles. The number of aryl methyl sites for hydroxylation is 2. The molecule has 0 radical (unpaired) electrons. The van der Waals surface area contributed by atoms with Crippen LogP contribution in [-0.4, -0.2) is 17.1 Å². The lowest BCUT2D eigenvalue weighted by molar-refractivity contribution is 0.0958. The van der Waals surface area contributed by atoms with Crippen molar-refractivity contribution in [3.05, 3.63) is 46.0 Å². The Morgan fingerprint density at radius 3 is 2.89 bits per heavy atom. The van der Waals surface area contributed by atoms with Crippen LogP contribution >= 0.6 is 11.3 Å². The predicted molar refractivity (Wildman–Crippen MR) is 77.5 cm³/mol. The molecular formula is C13H14N4OS. The second kappa shape index (κ2) is 5.62. The SMILES string of the molecule is Cc1cccc(C=NNC(=O)c2sc(N)nc2C)c1. The van der Waals surface area contributed by atoms with Crippen molar-refractivity contribution in [2.75, 3.05) is 5.73 Å². The number of nitrogens with two attached hydrogens (primary N) is 1. The Hall–Kier alpha value is -2.21. The van der Waals surface area contributed by atoms with Gasteiger partial charge in [0.1, 0.15) is 4.88 Å². The number of nitrogens with one attached hydrogen (secondary N) is 1. The molecule has 0 spiro atoms. The number of nitrogen functional groups attached to an aromatic ring is 1. The van der Waals surface area contributed by atoms with Crippen molar-refractivity contribution in [3.63, 3.8) is 0 Å². The molecule has 0 unspecified atom stereocenters. The maximum Gasteiger partial charge on any atom is 0.283 e. The Balaban J connectivity index is 2.03. The maximum absolute atomic E-state index is 11.8. The Morgan fingerprint density at radius 2 is 2.26 bits per heavy atom. The van der Waals surface area contributed by atoms with Crippen LogP contribution in [0.5, 0.6) is 0 Å². The third-order valence-electron chi connectivity index (χ3n) is 2.44. The number of thiazole rings is 1. The number of hydrogen-bond acceptors (Lipinski definition) is 5. The van der Waals surface area contributed by atoms with Crippen LogP contribution in [0.15, 0.2) is 29.4 Å². The van der Waals surface area contributed by atoms with Gasteiger partial charge in [0.2, 0.25) is 0 Å². The van der Waals surface area contributed by atoms with Gasteiger partial charge in [0.05, 0.1) is 11.9 Å². The first kappa shape index (κ1) is 13.2. The summed E-state index contributed by atoms with van der Waals surface area (Å²) in [5.41, 5.74) is 10.7. The van der Waals surface area contributed by atoms with Gasteiger partial charge in [0.25, 0.3) is 5.91 Å². The molecule has 0 fully saturated rings. The fraction of sp³-hybridized carbons (Fsp3) is 0.154. The smallest absolute Gasteiger partial charge is 0.283 e. The van der Waals surface area contributed by atoms with Crippen LogP contribution in [0.2, 0.25) is 0 Å². The molecule has 1 amide bonds. The molecule has 0 saturated heterocycles. The molecule has 0 aliphatic rings. The summed E-state index contributed by atoms with van der Waals surface area (Å²) in [6.45, 7) is 3.74. The first-order chi connectivity index (χ1) is 9.06. The summed E-state index contributed by atoms with van der Waals surface area (Å²) in [7, 11) is 0. The van der Waals surface area contributed by atoms with Crippen molar-refractivity contribution >= 4 is 28.6 Å². The summed E-state index contributed by atoms with van der Waals surface area (Å²) in [5, 5.41) is 4.30. The summed E-state index contributed by atoms with van der Waals surface area (Å²) in [4.78, 5) is 16.3. The van der Waals surface area contributed by atoms with E-state index in [1.807, 2.05) is 31.2 Å². The van der Waals surface area contributed by atoms with Gasteiger partial charge in [-0.25, -0.2) is 10.4 Å². The van der Waals surface area contributed by atoms with E-state index >= 15 is 0 Å². The first-order valence-corrected chi connectivity index (χ1v) is 6.51. The van der Waals surface area contributed by atoms with E-state index in [1.165, 1.54) is 0 Å². The van der Waals surface area contributed by atoms with Gasteiger partial charge < -0.3 is 5.73 Å². The van der Waals surface area contributed by atoms with Crippen LogP contribution in [0.3, 0.4) is 0 Å². The number of benzene rings is 1. The lowest BCUT2D eigenvalue weighted by Crippen LogP contribution is -2.17. The largest absolute Gasteiger partial charge is 0.375 e. The van der Waals surface area contributed by atoms with Gasteiger partial charge in [0, 0.05) is 0 Å². The summed E-state index contributed by atoms with van der Waals surface area (Å²) in [5.74, 6) is -0.296. The maximum atomic E-state index is 11.8. The number of nitrogens with zero attached hydrogens (tertiary/aromatic N) is 2. The summed E-state index contributed by atoms with van der Waals surface area (Å²) in [6, 6.07) is 7.83. The highest BCUT2D eigenvalue weighted by molar-refractivity contribution is 7.17. The minimum Gasteiger partial charge on any atom is -0.375 e. The molecule has 98 valence electrons. The van der Waals surface area contributed by atoms with Gasteiger partial charge in [-0.15, -0.1) is 0 Å². The molecule has 0 bridgehead atoms. The molecule has 0 atom stereocenters. The van der Waals surface area contributed by atoms with Crippen LogP contribution in [0.25, 0.3) is 0 Å². The zero-order chi connectivity index (χ0) is 13.8. The minimum atomic E-state index is -0.296. The lowest BCUT2D eigenvalue weighted by Gasteiger charge is -1.97. The van der Waals surface area contributed by atoms with Crippen molar-refractivity contribution < 1.29 is 4.79 Å². The van der Waals surface area contributed by atoms with E-state index in [-0.39, 0.29) is 5.91 Å². The quantitative estimate of drug-likeness (QED) is 0.664. The molecule has 3 N–H and O–H groups in total. The number of hydrogen-bond donors (Lipinski definition) is 2. The molecule has 0 saturated carbocycles. The Bertz CT molecular complexity index is 633. The zero-order valence-electron chi connectivity index (χ0n) is 10.7. The monoisotopic (exact) mass is 274 g/mol. The van der Waals surface area contributed by atoms with E-state index in [0.717, 1.165) is 22.5 Å². The Morgan fingerprint density at radius 1 is 1.47 bits per heavy atom. The predicted octanol–water partition coefficient (Wildman–Crippen LogP) is 2.11. The third-order valence-corrected chi connectivity index (χ3v) is 3.43. The summed E-state index contributed by atoms with van der Waals surface area (Å²) >= 11 is 1.15. The normalized spacial score (nSPS) is 10.8. The number of carbonyl (C=O) groups is 1. The lowest BCUT2D eigenvalue weighted by atomic mass is 10.2. The van der Waals surface area contributed by atoms with Crippen LogP contribution in [0, 0.1) is 13.8 Å². The average molecular weight is 274 g/mol. The molecule has 5 nitrogen and oxygen atoms in total. The van der Waals surface area contributed by atoms with Gasteiger partial charge in [-0.1, -0.05) is 41.2 Å². The van der Waals surface area contributed by atoms with Gasteiger partial charge in [-0.05, 0) is 19.4 Å². The standard InChI is InChI=1S/C13H14N4OS/c1-8-4-3-5-10(6-8)7-15-17-12(18)11-9(2)16-13(14)19-11/h3-7H,1-2H3,(H2,14,16)(H,17,18). The third kappa shape index (κ3) is 3.38. The molecule has 2 rings (SSSR count). The van der Waals surface area contributed by atoms with E-state index in [2.05, 4.69) is 15.5 Å². The first-order valence-electron chi connectivity index (χ1n) is 5.69. The van der Waals surface area contributed by atoms with E-state index in [0.29, 0.717) is 15.7 Å². The zero-order valence-corrected chi connectivity index (χ0v) is 11.5. The number of rotatable bonds is 3. The second-order valence-electron chi connectivity index (χ2n) is 4.08. The van der Waals surface area contributed by atoms with E-state index < -0.39 is 0 Å². The van der Waals surface area contributed by atoms with Crippen molar-refractivity contribution in [2.24, 2.45) is 5.10 Å². The molecule has 1 heterocycles. The fourth-order valence-corrected chi connectivity index (χ4v) is 2.32. The molecule has 0 aliphatic carbocycles. The highest BCUT2D eigenvalue weighted by Gasteiger charge is 2.12. The van der Waals surface area contributed by atoms with Crippen LogP contribution in [-0.2, 0) is 0 Å². The number of hydrazone groups is 1. The van der Waals surface area contributed by atoms with Crippen LogP contribution in [0.4, 0.5) is 5.13 Å². The van der Waals surface area contributed by atoms with E-state index in [1.54, 1.807) is 13.1 Å².